The molecule has 0 bridgehead atoms. The number of carbonyl (C=O) groups is 3. The largest absolute Gasteiger partial charge is 0.497 e. The van der Waals surface area contributed by atoms with Gasteiger partial charge in [-0.05, 0) is 118 Å². The number of allylic oxidation sites excluding steroid dienone is 2. The van der Waals surface area contributed by atoms with Gasteiger partial charge in [0.05, 0.1) is 26.2 Å². The molecule has 64 heavy (non-hydrogen) atoms. The molecule has 1 saturated heterocycles. The van der Waals surface area contributed by atoms with Gasteiger partial charge in [-0.1, -0.05) is 119 Å². The monoisotopic (exact) mass is 907 g/mol. The zero-order valence-electron chi connectivity index (χ0n) is 42.7. The van der Waals surface area contributed by atoms with E-state index in [1.54, 1.807) is 7.11 Å². The quantitative estimate of drug-likeness (QED) is 0.0753. The fraction of sp³-hybridized carbons (Fsp3) is 0.611. The Morgan fingerprint density at radius 1 is 1.02 bits per heavy atom. The Kier molecular flexibility index (Phi) is 26.4. The molecule has 8 atom stereocenters. The van der Waals surface area contributed by atoms with Crippen LogP contribution in [0.2, 0.25) is 0 Å². The molecule has 1 aliphatic carbocycles. The SMILES string of the molecule is CC.CC.CC.CC=O.CCCc1c(C(CCC=C(CC)CC)C(=O)OC)[nH]c2ccc(P)cc12.CC[C@]12C=CCN3CCC(c4ccc(OC)cc4C)(C(C)C(O)C1OC(C)=O)C32. The third kappa shape index (κ3) is 13.0. The number of hydrogen-bond acceptors (Lipinski definition) is 8. The van der Waals surface area contributed by atoms with Gasteiger partial charge >= 0.3 is 11.9 Å². The number of aromatic amines is 1. The van der Waals surface area contributed by atoms with Crippen molar-refractivity contribution < 1.29 is 33.7 Å². The maximum Gasteiger partial charge on any atom is 0.314 e. The molecule has 0 amide bonds. The van der Waals surface area contributed by atoms with Crippen molar-refractivity contribution in [3.63, 3.8) is 0 Å². The molecule has 1 saturated carbocycles. The van der Waals surface area contributed by atoms with Crippen molar-refractivity contribution in [3.05, 3.63) is 82.6 Å². The van der Waals surface area contributed by atoms with Gasteiger partial charge < -0.3 is 29.1 Å². The average Bonchev–Trinajstić information content (AvgIpc) is 3.89. The topological polar surface area (TPSA) is 118 Å². The van der Waals surface area contributed by atoms with E-state index in [1.165, 1.54) is 48.6 Å². The molecule has 10 heteroatoms. The molecule has 1 aromatic heterocycles. The molecular weight excluding hydrogens is 820 g/mol. The highest BCUT2D eigenvalue weighted by Crippen LogP contribution is 2.62. The maximum absolute atomic E-state index is 12.6. The van der Waals surface area contributed by atoms with E-state index in [0.717, 1.165) is 93.0 Å². The average molecular weight is 907 g/mol. The van der Waals surface area contributed by atoms with Gasteiger partial charge in [-0.15, -0.1) is 9.24 Å². The van der Waals surface area contributed by atoms with Crippen LogP contribution < -0.4 is 10.0 Å². The summed E-state index contributed by atoms with van der Waals surface area (Å²) in [5, 5.41) is 13.9. The number of aldehydes is 1. The number of aromatic nitrogens is 1. The summed E-state index contributed by atoms with van der Waals surface area (Å²) in [7, 11) is 5.93. The third-order valence-corrected chi connectivity index (χ3v) is 13.4. The van der Waals surface area contributed by atoms with Crippen molar-refractivity contribution >= 4 is 43.7 Å². The summed E-state index contributed by atoms with van der Waals surface area (Å²) >= 11 is 0. The van der Waals surface area contributed by atoms with E-state index >= 15 is 0 Å². The smallest absolute Gasteiger partial charge is 0.314 e. The van der Waals surface area contributed by atoms with Crippen LogP contribution in [-0.2, 0) is 35.7 Å². The number of methoxy groups -OCH3 is 2. The van der Waals surface area contributed by atoms with Crippen molar-refractivity contribution in [2.45, 2.75) is 178 Å². The van der Waals surface area contributed by atoms with Crippen LogP contribution in [0.4, 0.5) is 0 Å². The number of carbonyl (C=O) groups excluding carboxylic acids is 3. The number of nitrogens with one attached hydrogen (secondary N) is 1. The molecule has 0 spiro atoms. The summed E-state index contributed by atoms with van der Waals surface area (Å²) in [6.45, 7) is 29.7. The minimum absolute atomic E-state index is 0.0416. The molecule has 3 heterocycles. The van der Waals surface area contributed by atoms with Gasteiger partial charge in [0.1, 0.15) is 18.1 Å². The molecule has 3 aromatic rings. The second kappa shape index (κ2) is 29.0. The molecule has 2 aliphatic heterocycles. The van der Waals surface area contributed by atoms with Gasteiger partial charge in [0.25, 0.3) is 0 Å². The summed E-state index contributed by atoms with van der Waals surface area (Å²) in [4.78, 5) is 39.4. The lowest BCUT2D eigenvalue weighted by atomic mass is 9.48. The van der Waals surface area contributed by atoms with Crippen LogP contribution >= 0.6 is 9.24 Å². The number of aliphatic hydroxyl groups is 1. The molecule has 2 fully saturated rings. The van der Waals surface area contributed by atoms with Crippen LogP contribution in [0, 0.1) is 18.3 Å². The van der Waals surface area contributed by atoms with Gasteiger partial charge in [-0.25, -0.2) is 0 Å². The number of H-pyrrole nitrogens is 1. The predicted octanol–water partition coefficient (Wildman–Crippen LogP) is 11.9. The van der Waals surface area contributed by atoms with Crippen LogP contribution in [-0.4, -0.2) is 78.8 Å². The van der Waals surface area contributed by atoms with Crippen molar-refractivity contribution in [3.8, 4) is 5.75 Å². The Labute approximate surface area is 390 Å². The molecule has 3 aliphatic rings. The first kappa shape index (κ1) is 58.2. The summed E-state index contributed by atoms with van der Waals surface area (Å²) < 4.78 is 16.4. The van der Waals surface area contributed by atoms with Crippen LogP contribution in [0.25, 0.3) is 10.9 Å². The number of rotatable bonds is 13. The van der Waals surface area contributed by atoms with E-state index in [0.29, 0.717) is 0 Å². The maximum atomic E-state index is 12.6. The number of benzene rings is 2. The fourth-order valence-electron chi connectivity index (χ4n) is 10.3. The summed E-state index contributed by atoms with van der Waals surface area (Å²) in [6.07, 6.45) is 13.8. The lowest BCUT2D eigenvalue weighted by Gasteiger charge is -2.61. The van der Waals surface area contributed by atoms with Gasteiger partial charge in [0.15, 0.2) is 0 Å². The number of nitrogens with zero attached hydrogens (tertiary/aromatic N) is 1. The number of hydrogen-bond donors (Lipinski definition) is 2. The van der Waals surface area contributed by atoms with E-state index in [-0.39, 0.29) is 35.2 Å². The Balaban J connectivity index is 0.000000546. The highest BCUT2D eigenvalue weighted by molar-refractivity contribution is 7.27. The zero-order chi connectivity index (χ0) is 48.8. The van der Waals surface area contributed by atoms with Crippen molar-refractivity contribution in [1.29, 1.82) is 0 Å². The van der Waals surface area contributed by atoms with Crippen LogP contribution in [0.15, 0.2) is 60.2 Å². The summed E-state index contributed by atoms with van der Waals surface area (Å²) in [5.41, 5.74) is 6.71. The minimum atomic E-state index is -0.723. The third-order valence-electron chi connectivity index (χ3n) is 13.0. The number of esters is 2. The number of ether oxygens (including phenoxy) is 3. The molecule has 6 rings (SSSR count). The normalized spacial score (nSPS) is 22.9. The van der Waals surface area contributed by atoms with Crippen molar-refractivity contribution in [2.75, 3.05) is 27.3 Å². The van der Waals surface area contributed by atoms with E-state index in [2.05, 4.69) is 109 Å². The summed E-state index contributed by atoms with van der Waals surface area (Å²) in [6, 6.07) is 12.9. The van der Waals surface area contributed by atoms with Crippen LogP contribution in [0.1, 0.15) is 163 Å². The molecule has 2 N–H and O–H groups in total. The first-order chi connectivity index (χ1) is 30.8. The standard InChI is InChI=1S/C24H33NO4.C22H32NO2P.C2H4O.3C2H6/c1-6-23-10-7-12-25-13-11-24(22(23)25,16(3)20(27)21(23)29-17(4)26)19-9-8-18(28-5)14-15(19)2;1-5-9-17-19-14-16(26)12-13-20(19)23-21(17)18(22(24)25-4)11-8-10-15(6-2)7-3;1-2-3;3*1-2/h7-10,14,16,20-22,27H,6,11-13H2,1-5H3;10,12-14,18,23H,5-9,11,26H2,1-4H3;2H,1H3;3*1-2H3/t16?,20?,21?,22?,23-,24?;;;;;/m0...../s1. The molecular formula is C54H87N2O7P. The van der Waals surface area contributed by atoms with Gasteiger partial charge in [0.2, 0.25) is 0 Å². The Bertz CT molecular complexity index is 1930. The zero-order valence-corrected chi connectivity index (χ0v) is 43.8. The minimum Gasteiger partial charge on any atom is -0.497 e. The lowest BCUT2D eigenvalue weighted by Crippen LogP contribution is -2.70. The summed E-state index contributed by atoms with van der Waals surface area (Å²) in [5.74, 6) is 0.0894. The van der Waals surface area contributed by atoms with Gasteiger partial charge in [-0.3, -0.25) is 14.5 Å². The van der Waals surface area contributed by atoms with Gasteiger partial charge in [0, 0.05) is 46.9 Å². The van der Waals surface area contributed by atoms with Crippen molar-refractivity contribution in [1.82, 2.24) is 9.88 Å². The molecule has 9 nitrogen and oxygen atoms in total. The first-order valence-electron chi connectivity index (χ1n) is 24.3. The predicted molar refractivity (Wildman–Crippen MR) is 272 cm³/mol. The second-order valence-electron chi connectivity index (χ2n) is 16.1. The van der Waals surface area contributed by atoms with Crippen LogP contribution in [0.5, 0.6) is 5.75 Å². The Morgan fingerprint density at radius 3 is 2.19 bits per heavy atom. The highest BCUT2D eigenvalue weighted by Gasteiger charge is 2.69. The van der Waals surface area contributed by atoms with E-state index in [4.69, 9.17) is 19.0 Å². The molecule has 7 unspecified atom stereocenters. The Hall–Kier alpha value is -3.78. The second-order valence-corrected chi connectivity index (χ2v) is 16.7. The molecule has 2 aromatic carbocycles. The number of aryl methyl sites for hydroxylation is 2. The van der Waals surface area contributed by atoms with E-state index < -0.39 is 17.6 Å². The van der Waals surface area contributed by atoms with Gasteiger partial charge in [-0.2, -0.15) is 0 Å². The number of fused-ring (bicyclic) bond motifs is 1. The molecule has 360 valence electrons. The molecule has 0 radical (unpaired) electrons. The highest BCUT2D eigenvalue weighted by atomic mass is 31.0. The number of aliphatic hydroxyl groups excluding tert-OH is 1. The Morgan fingerprint density at radius 2 is 1.66 bits per heavy atom. The lowest BCUT2D eigenvalue weighted by molar-refractivity contribution is -0.193. The van der Waals surface area contributed by atoms with Crippen molar-refractivity contribution in [2.24, 2.45) is 11.3 Å². The fourth-order valence-corrected chi connectivity index (χ4v) is 10.6. The van der Waals surface area contributed by atoms with E-state index in [9.17, 15) is 14.7 Å². The van der Waals surface area contributed by atoms with E-state index in [1.807, 2.05) is 47.6 Å². The van der Waals surface area contributed by atoms with Crippen LogP contribution in [0.3, 0.4) is 0 Å². The first-order valence-corrected chi connectivity index (χ1v) is 24.8.